The molecule has 0 bridgehead atoms. The number of nitrogens with zero attached hydrogens (tertiary/aromatic N) is 4. The van der Waals surface area contributed by atoms with Crippen LogP contribution >= 0.6 is 0 Å². The second-order valence-electron chi connectivity index (χ2n) is 5.33. The van der Waals surface area contributed by atoms with Crippen LogP contribution in [0.25, 0.3) is 0 Å². The topological polar surface area (TPSA) is 119 Å². The molecule has 2 aromatic carbocycles. The number of rotatable bonds is 6. The number of anilines is 3. The lowest BCUT2D eigenvalue weighted by Gasteiger charge is -2.11. The first-order valence-electron chi connectivity index (χ1n) is 7.81. The highest BCUT2D eigenvalue weighted by molar-refractivity contribution is 5.53. The van der Waals surface area contributed by atoms with Crippen LogP contribution in [0.1, 0.15) is 11.4 Å². The summed E-state index contributed by atoms with van der Waals surface area (Å²) in [6.45, 7) is 0.00702. The number of nitrogens with one attached hydrogen (secondary N) is 1. The summed E-state index contributed by atoms with van der Waals surface area (Å²) in [6.07, 6.45) is 0. The zero-order valence-electron chi connectivity index (χ0n) is 14.3. The highest BCUT2D eigenvalue weighted by Gasteiger charge is 2.10. The van der Waals surface area contributed by atoms with E-state index in [1.54, 1.807) is 30.3 Å². The molecule has 0 aliphatic heterocycles. The third-order valence-corrected chi connectivity index (χ3v) is 3.45. The maximum Gasteiger partial charge on any atom is 0.232 e. The van der Waals surface area contributed by atoms with Gasteiger partial charge in [0.1, 0.15) is 12.4 Å². The average Bonchev–Trinajstić information content (AvgIpc) is 2.67. The van der Waals surface area contributed by atoms with Crippen LogP contribution in [0.5, 0.6) is 11.5 Å². The molecule has 27 heavy (non-hydrogen) atoms. The van der Waals surface area contributed by atoms with Gasteiger partial charge in [0.25, 0.3) is 0 Å². The Bertz CT molecular complexity index is 988. The Balaban J connectivity index is 1.75. The molecule has 0 unspecified atom stereocenters. The smallest absolute Gasteiger partial charge is 0.232 e. The largest absolute Gasteiger partial charge is 0.493 e. The molecule has 3 rings (SSSR count). The minimum atomic E-state index is -0.346. The van der Waals surface area contributed by atoms with Crippen LogP contribution in [0.15, 0.2) is 42.5 Å². The van der Waals surface area contributed by atoms with Gasteiger partial charge in [0.05, 0.1) is 18.7 Å². The minimum Gasteiger partial charge on any atom is -0.493 e. The molecule has 0 aliphatic rings. The fraction of sp³-hybridized carbons (Fsp3) is 0.111. The van der Waals surface area contributed by atoms with E-state index >= 15 is 0 Å². The zero-order chi connectivity index (χ0) is 19.2. The third kappa shape index (κ3) is 4.58. The lowest BCUT2D eigenvalue weighted by atomic mass is 10.2. The Hall–Kier alpha value is -3.93. The molecule has 1 heterocycles. The average molecular weight is 366 g/mol. The summed E-state index contributed by atoms with van der Waals surface area (Å²) in [4.78, 5) is 12.3. The van der Waals surface area contributed by atoms with Crippen molar-refractivity contribution in [1.82, 2.24) is 15.0 Å². The van der Waals surface area contributed by atoms with Gasteiger partial charge in [0.15, 0.2) is 17.3 Å². The number of ether oxygens (including phenoxy) is 2. The molecule has 0 aliphatic carbocycles. The van der Waals surface area contributed by atoms with E-state index in [-0.39, 0.29) is 24.3 Å². The van der Waals surface area contributed by atoms with E-state index in [1.807, 2.05) is 6.07 Å². The van der Waals surface area contributed by atoms with E-state index in [0.29, 0.717) is 28.6 Å². The number of halogens is 1. The molecule has 3 N–H and O–H groups in total. The van der Waals surface area contributed by atoms with Crippen LogP contribution in [0.3, 0.4) is 0 Å². The highest BCUT2D eigenvalue weighted by atomic mass is 19.1. The number of aromatic nitrogens is 3. The Morgan fingerprint density at radius 3 is 2.59 bits per heavy atom. The van der Waals surface area contributed by atoms with Gasteiger partial charge >= 0.3 is 0 Å². The molecule has 8 nitrogen and oxygen atoms in total. The van der Waals surface area contributed by atoms with Gasteiger partial charge in [0.2, 0.25) is 11.9 Å². The molecule has 0 fully saturated rings. The van der Waals surface area contributed by atoms with E-state index in [0.717, 1.165) is 0 Å². The molecule has 1 aromatic heterocycles. The van der Waals surface area contributed by atoms with E-state index in [4.69, 9.17) is 20.5 Å². The van der Waals surface area contributed by atoms with Gasteiger partial charge in [-0.3, -0.25) is 0 Å². The number of benzene rings is 2. The molecule has 9 heteroatoms. The summed E-state index contributed by atoms with van der Waals surface area (Å²) in [6, 6.07) is 12.6. The number of nitrogen functional groups attached to an aromatic ring is 1. The van der Waals surface area contributed by atoms with Gasteiger partial charge in [-0.25, -0.2) is 4.39 Å². The van der Waals surface area contributed by atoms with Crippen molar-refractivity contribution in [3.8, 4) is 17.6 Å². The van der Waals surface area contributed by atoms with Crippen molar-refractivity contribution in [2.75, 3.05) is 18.2 Å². The Kier molecular flexibility index (Phi) is 5.28. The van der Waals surface area contributed by atoms with Crippen molar-refractivity contribution in [2.45, 2.75) is 6.61 Å². The van der Waals surface area contributed by atoms with E-state index in [9.17, 15) is 4.39 Å². The summed E-state index contributed by atoms with van der Waals surface area (Å²) in [5.41, 5.74) is 6.77. The summed E-state index contributed by atoms with van der Waals surface area (Å²) >= 11 is 0. The summed E-state index contributed by atoms with van der Waals surface area (Å²) in [5.74, 6) is 1.02. The molecular formula is C18H15FN6O2. The monoisotopic (exact) mass is 366 g/mol. The maximum atomic E-state index is 13.0. The second-order valence-corrected chi connectivity index (χ2v) is 5.33. The fourth-order valence-corrected chi connectivity index (χ4v) is 2.22. The van der Waals surface area contributed by atoms with Crippen molar-refractivity contribution >= 4 is 17.6 Å². The molecule has 0 saturated carbocycles. The SMILES string of the molecule is COc1cc(C#N)ccc1OCc1nc(N)nc(Nc2ccc(F)cc2)n1. The Labute approximate surface area is 154 Å². The number of hydrogen-bond acceptors (Lipinski definition) is 8. The maximum absolute atomic E-state index is 13.0. The molecule has 0 amide bonds. The number of nitriles is 1. The predicted octanol–water partition coefficient (Wildman–Crippen LogP) is 2.80. The van der Waals surface area contributed by atoms with Crippen LogP contribution in [0, 0.1) is 17.1 Å². The molecule has 136 valence electrons. The van der Waals surface area contributed by atoms with Crippen LogP contribution in [-0.4, -0.2) is 22.1 Å². The first-order valence-corrected chi connectivity index (χ1v) is 7.81. The highest BCUT2D eigenvalue weighted by Crippen LogP contribution is 2.28. The first kappa shape index (κ1) is 17.9. The van der Waals surface area contributed by atoms with Crippen molar-refractivity contribution < 1.29 is 13.9 Å². The van der Waals surface area contributed by atoms with Gasteiger partial charge in [-0.15, -0.1) is 0 Å². The number of methoxy groups -OCH3 is 1. The molecule has 0 radical (unpaired) electrons. The molecular weight excluding hydrogens is 351 g/mol. The Morgan fingerprint density at radius 1 is 1.11 bits per heavy atom. The van der Waals surface area contributed by atoms with E-state index in [2.05, 4.69) is 20.3 Å². The van der Waals surface area contributed by atoms with Gasteiger partial charge in [-0.1, -0.05) is 0 Å². The second kappa shape index (κ2) is 7.97. The molecule has 0 saturated heterocycles. The van der Waals surface area contributed by atoms with Crippen molar-refractivity contribution in [3.63, 3.8) is 0 Å². The lowest BCUT2D eigenvalue weighted by molar-refractivity contribution is 0.276. The van der Waals surface area contributed by atoms with Crippen molar-refractivity contribution in [1.29, 1.82) is 5.26 Å². The van der Waals surface area contributed by atoms with Gasteiger partial charge in [-0.05, 0) is 36.4 Å². The lowest BCUT2D eigenvalue weighted by Crippen LogP contribution is -2.09. The Morgan fingerprint density at radius 2 is 1.89 bits per heavy atom. The fourth-order valence-electron chi connectivity index (χ4n) is 2.22. The van der Waals surface area contributed by atoms with E-state index < -0.39 is 0 Å². The predicted molar refractivity (Wildman–Crippen MR) is 96.0 cm³/mol. The first-order chi connectivity index (χ1) is 13.1. The van der Waals surface area contributed by atoms with Crippen LogP contribution in [-0.2, 0) is 6.61 Å². The number of nitrogens with two attached hydrogens (primary N) is 1. The zero-order valence-corrected chi connectivity index (χ0v) is 14.3. The summed E-state index contributed by atoms with van der Waals surface area (Å²) in [5, 5.41) is 11.9. The quantitative estimate of drug-likeness (QED) is 0.683. The number of hydrogen-bond donors (Lipinski definition) is 2. The van der Waals surface area contributed by atoms with E-state index in [1.165, 1.54) is 19.2 Å². The van der Waals surface area contributed by atoms with Gasteiger partial charge in [-0.2, -0.15) is 20.2 Å². The molecule has 0 atom stereocenters. The van der Waals surface area contributed by atoms with Crippen LogP contribution in [0.2, 0.25) is 0 Å². The van der Waals surface area contributed by atoms with Crippen molar-refractivity contribution in [3.05, 3.63) is 59.7 Å². The van der Waals surface area contributed by atoms with Crippen molar-refractivity contribution in [2.24, 2.45) is 0 Å². The summed E-state index contributed by atoms with van der Waals surface area (Å²) < 4.78 is 23.9. The van der Waals surface area contributed by atoms with Crippen LogP contribution < -0.4 is 20.5 Å². The molecule has 0 spiro atoms. The third-order valence-electron chi connectivity index (χ3n) is 3.45. The van der Waals surface area contributed by atoms with Gasteiger partial charge < -0.3 is 20.5 Å². The van der Waals surface area contributed by atoms with Gasteiger partial charge in [0, 0.05) is 11.8 Å². The molecule has 3 aromatic rings. The minimum absolute atomic E-state index is 0.00702. The normalized spacial score (nSPS) is 10.1. The standard InChI is InChI=1S/C18H15FN6O2/c1-26-15-8-11(9-20)2-7-14(15)27-10-16-23-17(21)25-18(24-16)22-13-5-3-12(19)4-6-13/h2-8H,10H2,1H3,(H3,21,22,23,24,25). The van der Waals surface area contributed by atoms with Crippen LogP contribution in [0.4, 0.5) is 22.0 Å². The summed E-state index contributed by atoms with van der Waals surface area (Å²) in [7, 11) is 1.48.